The molecule has 0 radical (unpaired) electrons. The molecule has 0 aliphatic heterocycles. The Morgan fingerprint density at radius 3 is 2.36 bits per heavy atom. The minimum absolute atomic E-state index is 0.0649. The van der Waals surface area contributed by atoms with Crippen molar-refractivity contribution < 1.29 is 14.3 Å². The topological polar surface area (TPSA) is 43.4 Å². The van der Waals surface area contributed by atoms with Crippen molar-refractivity contribution in [3.63, 3.8) is 0 Å². The quantitative estimate of drug-likeness (QED) is 0.511. The lowest BCUT2D eigenvalue weighted by molar-refractivity contribution is -0.135. The minimum Gasteiger partial charge on any atom is -0.466 e. The first kappa shape index (κ1) is 11.0. The maximum atomic E-state index is 11.5. The van der Waals surface area contributed by atoms with E-state index in [2.05, 4.69) is 4.74 Å². The van der Waals surface area contributed by atoms with Crippen LogP contribution in [0.25, 0.3) is 0 Å². The van der Waals surface area contributed by atoms with E-state index in [4.69, 9.17) is 0 Å². The van der Waals surface area contributed by atoms with Gasteiger partial charge in [-0.3, -0.25) is 4.79 Å². The molecule has 0 aromatic rings. The predicted octanol–water partition coefficient (Wildman–Crippen LogP) is 1.86. The zero-order chi connectivity index (χ0) is 10.4. The summed E-state index contributed by atoms with van der Waals surface area (Å²) in [6, 6.07) is 0. The van der Waals surface area contributed by atoms with Gasteiger partial charge in [-0.1, -0.05) is 19.3 Å². The Balaban J connectivity index is 2.40. The first-order chi connectivity index (χ1) is 6.74. The van der Waals surface area contributed by atoms with Gasteiger partial charge in [-0.15, -0.1) is 0 Å². The Labute approximate surface area is 84.1 Å². The minimum atomic E-state index is -0.464. The van der Waals surface area contributed by atoms with Crippen molar-refractivity contribution in [2.24, 2.45) is 5.92 Å². The van der Waals surface area contributed by atoms with E-state index in [1.807, 2.05) is 0 Å². The summed E-state index contributed by atoms with van der Waals surface area (Å²) in [5, 5.41) is 0. The van der Waals surface area contributed by atoms with Crippen LogP contribution in [-0.2, 0) is 14.3 Å². The summed E-state index contributed by atoms with van der Waals surface area (Å²) in [5.74, 6) is -0.270. The van der Waals surface area contributed by atoms with Crippen LogP contribution in [0.1, 0.15) is 32.1 Å². The summed E-state index contributed by atoms with van der Waals surface area (Å²) in [7, 11) is 1.30. The Kier molecular flexibility index (Phi) is 4.36. The highest BCUT2D eigenvalue weighted by atomic mass is 16.5. The lowest BCUT2D eigenvalue weighted by Crippen LogP contribution is -2.15. The Hall–Kier alpha value is -1.12. The number of ketones is 1. The van der Waals surface area contributed by atoms with E-state index in [-0.39, 0.29) is 11.7 Å². The monoisotopic (exact) mass is 196 g/mol. The lowest BCUT2D eigenvalue weighted by atomic mass is 9.86. The summed E-state index contributed by atoms with van der Waals surface area (Å²) in [6.45, 7) is 0. The van der Waals surface area contributed by atoms with Crippen molar-refractivity contribution in [3.05, 3.63) is 12.2 Å². The number of hydrogen-bond acceptors (Lipinski definition) is 3. The molecule has 1 fully saturated rings. The first-order valence-corrected chi connectivity index (χ1v) is 5.04. The number of hydrogen-bond donors (Lipinski definition) is 0. The molecule has 14 heavy (non-hydrogen) atoms. The fourth-order valence-corrected chi connectivity index (χ4v) is 1.74. The van der Waals surface area contributed by atoms with Gasteiger partial charge < -0.3 is 4.74 Å². The van der Waals surface area contributed by atoms with E-state index >= 15 is 0 Å². The molecular weight excluding hydrogens is 180 g/mol. The molecule has 1 aliphatic carbocycles. The molecule has 0 aromatic carbocycles. The van der Waals surface area contributed by atoms with Crippen LogP contribution in [-0.4, -0.2) is 18.9 Å². The summed E-state index contributed by atoms with van der Waals surface area (Å²) in [4.78, 5) is 22.3. The fraction of sp³-hybridized carbons (Fsp3) is 0.636. The second-order valence-electron chi connectivity index (χ2n) is 3.59. The van der Waals surface area contributed by atoms with Crippen LogP contribution in [0, 0.1) is 5.92 Å². The molecule has 0 heterocycles. The van der Waals surface area contributed by atoms with Crippen LogP contribution >= 0.6 is 0 Å². The van der Waals surface area contributed by atoms with Gasteiger partial charge in [-0.25, -0.2) is 4.79 Å². The molecule has 0 N–H and O–H groups in total. The average molecular weight is 196 g/mol. The third kappa shape index (κ3) is 3.32. The van der Waals surface area contributed by atoms with Gasteiger partial charge in [0.05, 0.1) is 7.11 Å². The molecule has 1 aliphatic rings. The molecule has 1 saturated carbocycles. The summed E-state index contributed by atoms with van der Waals surface area (Å²) in [5.41, 5.74) is 0. The van der Waals surface area contributed by atoms with Crippen molar-refractivity contribution in [2.75, 3.05) is 7.11 Å². The second-order valence-corrected chi connectivity index (χ2v) is 3.59. The number of rotatable bonds is 3. The Bertz CT molecular complexity index is 237. The zero-order valence-electron chi connectivity index (χ0n) is 8.49. The van der Waals surface area contributed by atoms with Gasteiger partial charge in [0, 0.05) is 12.0 Å². The molecule has 78 valence electrons. The molecule has 3 nitrogen and oxygen atoms in total. The standard InChI is InChI=1S/C11H16O3/c1-14-11(13)8-7-10(12)9-5-3-2-4-6-9/h7-9H,2-6H2,1H3/b8-7+. The third-order valence-corrected chi connectivity index (χ3v) is 2.59. The molecule has 0 spiro atoms. The van der Waals surface area contributed by atoms with Gasteiger partial charge in [0.15, 0.2) is 5.78 Å². The summed E-state index contributed by atoms with van der Waals surface area (Å²) in [6.07, 6.45) is 7.96. The molecule has 0 saturated heterocycles. The van der Waals surface area contributed by atoms with E-state index in [0.717, 1.165) is 25.7 Å². The molecular formula is C11H16O3. The molecule has 3 heteroatoms. The highest BCUT2D eigenvalue weighted by Crippen LogP contribution is 2.24. The Morgan fingerprint density at radius 2 is 1.79 bits per heavy atom. The zero-order valence-corrected chi connectivity index (χ0v) is 8.49. The Morgan fingerprint density at radius 1 is 1.14 bits per heavy atom. The predicted molar refractivity (Wildman–Crippen MR) is 52.7 cm³/mol. The third-order valence-electron chi connectivity index (χ3n) is 2.59. The van der Waals surface area contributed by atoms with Crippen molar-refractivity contribution in [2.45, 2.75) is 32.1 Å². The molecule has 0 amide bonds. The number of ether oxygens (including phenoxy) is 1. The van der Waals surface area contributed by atoms with Crippen LogP contribution in [0.15, 0.2) is 12.2 Å². The molecule has 0 bridgehead atoms. The number of methoxy groups -OCH3 is 1. The van der Waals surface area contributed by atoms with Crippen LogP contribution in [0.2, 0.25) is 0 Å². The van der Waals surface area contributed by atoms with Gasteiger partial charge in [0.2, 0.25) is 0 Å². The molecule has 0 aromatic heterocycles. The normalized spacial score (nSPS) is 18.4. The molecule has 0 unspecified atom stereocenters. The van der Waals surface area contributed by atoms with E-state index in [0.29, 0.717) is 0 Å². The lowest BCUT2D eigenvalue weighted by Gasteiger charge is -2.18. The van der Waals surface area contributed by atoms with Crippen LogP contribution in [0.3, 0.4) is 0 Å². The fourth-order valence-electron chi connectivity index (χ4n) is 1.74. The van der Waals surface area contributed by atoms with Crippen LogP contribution in [0.4, 0.5) is 0 Å². The largest absolute Gasteiger partial charge is 0.466 e. The van der Waals surface area contributed by atoms with Crippen LogP contribution < -0.4 is 0 Å². The SMILES string of the molecule is COC(=O)/C=C/C(=O)C1CCCCC1. The average Bonchev–Trinajstić information content (AvgIpc) is 2.26. The van der Waals surface area contributed by atoms with E-state index in [1.54, 1.807) is 0 Å². The van der Waals surface area contributed by atoms with Gasteiger partial charge >= 0.3 is 5.97 Å². The van der Waals surface area contributed by atoms with E-state index in [1.165, 1.54) is 25.7 Å². The van der Waals surface area contributed by atoms with Gasteiger partial charge in [-0.2, -0.15) is 0 Å². The first-order valence-electron chi connectivity index (χ1n) is 5.04. The van der Waals surface area contributed by atoms with E-state index < -0.39 is 5.97 Å². The van der Waals surface area contributed by atoms with Gasteiger partial charge in [0.1, 0.15) is 0 Å². The van der Waals surface area contributed by atoms with Crippen molar-refractivity contribution in [3.8, 4) is 0 Å². The van der Waals surface area contributed by atoms with Crippen molar-refractivity contribution in [1.29, 1.82) is 0 Å². The van der Waals surface area contributed by atoms with Crippen molar-refractivity contribution in [1.82, 2.24) is 0 Å². The van der Waals surface area contributed by atoms with Crippen molar-refractivity contribution >= 4 is 11.8 Å². The molecule has 0 atom stereocenters. The maximum Gasteiger partial charge on any atom is 0.330 e. The molecule has 1 rings (SSSR count). The maximum absolute atomic E-state index is 11.5. The van der Waals surface area contributed by atoms with Crippen LogP contribution in [0.5, 0.6) is 0 Å². The second kappa shape index (κ2) is 5.58. The number of allylic oxidation sites excluding steroid dienone is 1. The van der Waals surface area contributed by atoms with Gasteiger partial charge in [-0.05, 0) is 18.9 Å². The number of carbonyl (C=O) groups excluding carboxylic acids is 2. The summed E-state index contributed by atoms with van der Waals surface area (Å²) < 4.78 is 4.41. The number of esters is 1. The smallest absolute Gasteiger partial charge is 0.330 e. The highest BCUT2D eigenvalue weighted by molar-refractivity contribution is 5.97. The summed E-state index contributed by atoms with van der Waals surface area (Å²) >= 11 is 0. The van der Waals surface area contributed by atoms with Gasteiger partial charge in [0.25, 0.3) is 0 Å². The highest BCUT2D eigenvalue weighted by Gasteiger charge is 2.18. The number of carbonyl (C=O) groups is 2. The van der Waals surface area contributed by atoms with E-state index in [9.17, 15) is 9.59 Å².